The second-order valence-electron chi connectivity index (χ2n) is 4.18. The van der Waals surface area contributed by atoms with Crippen LogP contribution in [0.2, 0.25) is 0 Å². The maximum Gasteiger partial charge on any atom is 2.00 e. The zero-order chi connectivity index (χ0) is 14.6. The van der Waals surface area contributed by atoms with Crippen LogP contribution in [0.4, 0.5) is 5.69 Å². The molecule has 1 aliphatic heterocycles. The Bertz CT molecular complexity index is 516. The summed E-state index contributed by atoms with van der Waals surface area (Å²) in [5.41, 5.74) is 3.64. The molecule has 113 valence electrons. The maximum atomic E-state index is 4.05. The number of nitrogens with zero attached hydrogens (tertiary/aromatic N) is 2. The van der Waals surface area contributed by atoms with E-state index in [2.05, 4.69) is 35.6 Å². The Balaban J connectivity index is 0. The first-order valence-corrected chi connectivity index (χ1v) is 6.55. The average molecular weight is 537 g/mol. The number of aliphatic imine (C=N–C) groups is 1. The Hall–Kier alpha value is -0.138. The van der Waals surface area contributed by atoms with Crippen LogP contribution in [0.1, 0.15) is 11.1 Å². The first-order chi connectivity index (χ1) is 9.81. The Morgan fingerprint density at radius 2 is 1.73 bits per heavy atom. The Kier molecular flexibility index (Phi) is 17.3. The molecule has 2 nitrogen and oxygen atoms in total. The van der Waals surface area contributed by atoms with Gasteiger partial charge in [-0.25, -0.2) is 0 Å². The molecular weight excluding hydrogens is 517 g/mol. The third-order valence-electron chi connectivity index (χ3n) is 2.54. The van der Waals surface area contributed by atoms with Crippen LogP contribution < -0.4 is 0 Å². The van der Waals surface area contributed by atoms with Gasteiger partial charge >= 0.3 is 21.1 Å². The third kappa shape index (κ3) is 9.79. The number of fused-ring (bicyclic) bond motifs is 1. The van der Waals surface area contributed by atoms with Crippen molar-refractivity contribution in [1.29, 1.82) is 0 Å². The molecule has 0 atom stereocenters. The second kappa shape index (κ2) is 15.7. The van der Waals surface area contributed by atoms with Crippen molar-refractivity contribution in [1.82, 2.24) is 0 Å². The molecule has 2 aromatic rings. The van der Waals surface area contributed by atoms with E-state index < -0.39 is 0 Å². The van der Waals surface area contributed by atoms with Crippen molar-refractivity contribution in [2.75, 3.05) is 14.1 Å². The van der Waals surface area contributed by atoms with Crippen LogP contribution in [-0.4, -0.2) is 20.3 Å². The first-order valence-electron chi connectivity index (χ1n) is 6.55. The minimum atomic E-state index is 0. The van der Waals surface area contributed by atoms with Crippen molar-refractivity contribution in [3.05, 3.63) is 78.0 Å². The average Bonchev–Trinajstić information content (AvgIpc) is 2.98. The number of hydrogen-bond donors (Lipinski definition) is 0. The molecule has 22 heavy (non-hydrogen) atoms. The monoisotopic (exact) mass is 537 g/mol. The summed E-state index contributed by atoms with van der Waals surface area (Å²) < 4.78 is 0. The van der Waals surface area contributed by atoms with Gasteiger partial charge in [-0.1, -0.05) is 30.3 Å². The van der Waals surface area contributed by atoms with Gasteiger partial charge in [0.15, 0.2) is 0 Å². The summed E-state index contributed by atoms with van der Waals surface area (Å²) in [6.45, 7) is 3.74. The van der Waals surface area contributed by atoms with Crippen molar-refractivity contribution in [2.45, 2.75) is 12.8 Å². The topological polar surface area (TPSA) is 26.5 Å². The summed E-state index contributed by atoms with van der Waals surface area (Å²) in [6, 6.07) is 18.9. The van der Waals surface area contributed by atoms with Gasteiger partial charge in [-0.15, -0.1) is 11.6 Å². The van der Waals surface area contributed by atoms with E-state index in [1.165, 1.54) is 11.1 Å². The van der Waals surface area contributed by atoms with Crippen LogP contribution in [0, 0.1) is 13.0 Å². The van der Waals surface area contributed by atoms with E-state index in [0.717, 1.165) is 18.5 Å². The molecule has 1 radical (unpaired) electrons. The summed E-state index contributed by atoms with van der Waals surface area (Å²) in [5.74, 6) is 0. The van der Waals surface area contributed by atoms with E-state index >= 15 is 0 Å². The van der Waals surface area contributed by atoms with Gasteiger partial charge < -0.3 is 17.2 Å². The van der Waals surface area contributed by atoms with Crippen LogP contribution in [0.5, 0.6) is 0 Å². The molecule has 0 unspecified atom stereocenters. The van der Waals surface area contributed by atoms with E-state index in [1.54, 1.807) is 14.1 Å². The van der Waals surface area contributed by atoms with Gasteiger partial charge in [-0.2, -0.15) is 62.6 Å². The van der Waals surface area contributed by atoms with Gasteiger partial charge in [0, 0.05) is 32.7 Å². The quantitative estimate of drug-likeness (QED) is 0.486. The molecule has 4 heteroatoms. The molecule has 3 rings (SSSR count). The molecule has 1 heterocycles. The smallest absolute Gasteiger partial charge is 0.668 e. The first kappa shape index (κ1) is 24.1. The second-order valence-corrected chi connectivity index (χ2v) is 4.18. The zero-order valence-corrected chi connectivity index (χ0v) is 18.9. The number of hydrogen-bond acceptors (Lipinski definition) is 1. The number of benzene rings is 2. The Labute approximate surface area is 174 Å². The van der Waals surface area contributed by atoms with Crippen molar-refractivity contribution in [3.63, 3.8) is 0 Å². The molecule has 2 aromatic carbocycles. The van der Waals surface area contributed by atoms with Crippen molar-refractivity contribution < 1.29 is 53.8 Å². The van der Waals surface area contributed by atoms with Gasteiger partial charge in [-0.05, 0) is 0 Å². The van der Waals surface area contributed by atoms with Crippen LogP contribution in [-0.2, 0) is 66.6 Å². The van der Waals surface area contributed by atoms with Crippen molar-refractivity contribution in [3.8, 4) is 0 Å². The summed E-state index contributed by atoms with van der Waals surface area (Å²) in [5, 5.41) is 3.50. The van der Waals surface area contributed by atoms with E-state index in [9.17, 15) is 0 Å². The number of para-hydroxylation sites is 1. The van der Waals surface area contributed by atoms with Gasteiger partial charge in [0.25, 0.3) is 0 Å². The molecule has 0 aliphatic carbocycles. The van der Waals surface area contributed by atoms with Gasteiger partial charge in [0.05, 0.1) is 0 Å². The zero-order valence-electron chi connectivity index (χ0n) is 13.1. The molecule has 0 saturated carbocycles. The van der Waals surface area contributed by atoms with E-state index in [4.69, 9.17) is 0 Å². The minimum absolute atomic E-state index is 0. The normalized spacial score (nSPS) is 9.77. The fourth-order valence-electron chi connectivity index (χ4n) is 1.57. The third-order valence-corrected chi connectivity index (χ3v) is 2.54. The molecule has 0 bridgehead atoms. The van der Waals surface area contributed by atoms with Crippen molar-refractivity contribution >= 4 is 11.9 Å². The molecular formula is C18H20N2WY-2. The van der Waals surface area contributed by atoms with E-state index in [0.29, 0.717) is 0 Å². The van der Waals surface area contributed by atoms with Crippen LogP contribution in [0.15, 0.2) is 53.5 Å². The Morgan fingerprint density at radius 1 is 1.14 bits per heavy atom. The minimum Gasteiger partial charge on any atom is -0.668 e. The Morgan fingerprint density at radius 3 is 2.23 bits per heavy atom. The van der Waals surface area contributed by atoms with E-state index in [1.807, 2.05) is 42.5 Å². The van der Waals surface area contributed by atoms with Gasteiger partial charge in [0.2, 0.25) is 0 Å². The number of rotatable bonds is 1. The predicted molar refractivity (Wildman–Crippen MR) is 86.8 cm³/mol. The van der Waals surface area contributed by atoms with Crippen LogP contribution >= 0.6 is 0 Å². The largest absolute Gasteiger partial charge is 2.00 e. The molecule has 1 aliphatic rings. The molecule has 0 saturated heterocycles. The molecule has 0 spiro atoms. The van der Waals surface area contributed by atoms with Gasteiger partial charge in [-0.3, -0.25) is 0 Å². The molecule has 0 fully saturated rings. The summed E-state index contributed by atoms with van der Waals surface area (Å²) in [6.07, 6.45) is 4.67. The SMILES string of the molecule is C[N-]C.[C-]1=Nc2ccccc2C1.[CH2-]Cc1cc[c-]cc1.[W+2].[Y]. The summed E-state index contributed by atoms with van der Waals surface area (Å²) in [7, 11) is 3.50. The van der Waals surface area contributed by atoms with Gasteiger partial charge in [0.1, 0.15) is 0 Å². The van der Waals surface area contributed by atoms with Crippen LogP contribution in [0.3, 0.4) is 0 Å². The van der Waals surface area contributed by atoms with E-state index in [-0.39, 0.29) is 53.8 Å². The fraction of sp³-hybridized carbons (Fsp3) is 0.222. The molecule has 0 N–H and O–H groups in total. The predicted octanol–water partition coefficient (Wildman–Crippen LogP) is 4.30. The maximum absolute atomic E-state index is 4.05. The molecule has 0 aromatic heterocycles. The van der Waals surface area contributed by atoms with Crippen molar-refractivity contribution in [2.24, 2.45) is 4.99 Å². The standard InChI is InChI=1S/C8H6N.C8H8.C2H6N.W.Y/c1-2-4-8-7(3-1)5-6-9-8;1-2-8-6-4-3-5-7-8;1-3-2;;/h1-4H,5H2;4-7H,1-2H2;1-2H3;;/q-1;-2;-1;+2;. The fourth-order valence-corrected chi connectivity index (χ4v) is 1.57. The summed E-state index contributed by atoms with van der Waals surface area (Å²) >= 11 is 0. The molecule has 0 amide bonds. The summed E-state index contributed by atoms with van der Waals surface area (Å²) in [4.78, 5) is 4.05. The van der Waals surface area contributed by atoms with Crippen LogP contribution in [0.25, 0.3) is 5.32 Å².